The Bertz CT molecular complexity index is 652. The van der Waals surface area contributed by atoms with Gasteiger partial charge in [0.1, 0.15) is 0 Å². The number of aromatic nitrogens is 4. The highest BCUT2D eigenvalue weighted by Gasteiger charge is 2.66. The molecule has 0 aromatic carbocycles. The van der Waals surface area contributed by atoms with Crippen LogP contribution in [0.3, 0.4) is 0 Å². The fourth-order valence-electron chi connectivity index (χ4n) is 3.06. The molecule has 1 saturated carbocycles. The Hall–Kier alpha value is -1.49. The summed E-state index contributed by atoms with van der Waals surface area (Å²) in [6.07, 6.45) is 3.56. The largest absolute Gasteiger partial charge is 0.296 e. The summed E-state index contributed by atoms with van der Waals surface area (Å²) in [6.45, 7) is 9.12. The molecular weight excluding hydrogens is 256 g/mol. The van der Waals surface area contributed by atoms with Crippen LogP contribution in [0.1, 0.15) is 33.7 Å². The van der Waals surface area contributed by atoms with Gasteiger partial charge >= 0.3 is 0 Å². The number of pyridine rings is 1. The highest BCUT2D eigenvalue weighted by atomic mass is 32.1. The average molecular weight is 274 g/mol. The predicted octanol–water partition coefficient (Wildman–Crippen LogP) is 3.61. The SMILES string of the molecule is CC1(C)C(n2c(-c3ccncc3)n[nH]c2=S)C1(C)C. The Balaban J connectivity index is 2.15. The van der Waals surface area contributed by atoms with E-state index >= 15 is 0 Å². The van der Waals surface area contributed by atoms with Crippen molar-refractivity contribution in [2.75, 3.05) is 0 Å². The Morgan fingerprint density at radius 2 is 1.74 bits per heavy atom. The normalized spacial score (nSPS) is 20.4. The molecule has 2 aromatic rings. The van der Waals surface area contributed by atoms with Gasteiger partial charge in [0, 0.05) is 24.0 Å². The molecule has 0 unspecified atom stereocenters. The van der Waals surface area contributed by atoms with E-state index in [1.165, 1.54) is 0 Å². The maximum absolute atomic E-state index is 5.42. The summed E-state index contributed by atoms with van der Waals surface area (Å²) in [5.74, 6) is 0.899. The lowest BCUT2D eigenvalue weighted by Gasteiger charge is -2.08. The number of hydrogen-bond acceptors (Lipinski definition) is 3. The van der Waals surface area contributed by atoms with Crippen LogP contribution >= 0.6 is 12.2 Å². The quantitative estimate of drug-likeness (QED) is 0.851. The molecule has 100 valence electrons. The number of H-pyrrole nitrogens is 1. The van der Waals surface area contributed by atoms with Crippen LogP contribution in [-0.2, 0) is 0 Å². The van der Waals surface area contributed by atoms with Crippen molar-refractivity contribution < 1.29 is 0 Å². The van der Waals surface area contributed by atoms with Crippen LogP contribution < -0.4 is 0 Å². The van der Waals surface area contributed by atoms with Gasteiger partial charge in [0.15, 0.2) is 10.6 Å². The third-order valence-corrected chi connectivity index (χ3v) is 5.13. The third-order valence-electron chi connectivity index (χ3n) is 4.85. The van der Waals surface area contributed by atoms with Crippen molar-refractivity contribution >= 4 is 12.2 Å². The first-order valence-corrected chi connectivity index (χ1v) is 6.85. The van der Waals surface area contributed by atoms with E-state index in [0.717, 1.165) is 11.4 Å². The van der Waals surface area contributed by atoms with Crippen molar-refractivity contribution in [3.05, 3.63) is 29.3 Å². The van der Waals surface area contributed by atoms with Crippen LogP contribution in [-0.4, -0.2) is 19.7 Å². The summed E-state index contributed by atoms with van der Waals surface area (Å²) in [5.41, 5.74) is 1.48. The molecule has 1 aliphatic carbocycles. The molecule has 1 aliphatic rings. The van der Waals surface area contributed by atoms with E-state index in [1.807, 2.05) is 12.1 Å². The van der Waals surface area contributed by atoms with Gasteiger partial charge in [0.05, 0.1) is 0 Å². The molecule has 1 fully saturated rings. The molecule has 0 radical (unpaired) electrons. The minimum atomic E-state index is 0.219. The molecule has 2 aromatic heterocycles. The summed E-state index contributed by atoms with van der Waals surface area (Å²) in [7, 11) is 0. The Morgan fingerprint density at radius 1 is 1.16 bits per heavy atom. The van der Waals surface area contributed by atoms with E-state index in [4.69, 9.17) is 12.2 Å². The molecule has 0 bridgehead atoms. The van der Waals surface area contributed by atoms with Gasteiger partial charge in [-0.25, -0.2) is 0 Å². The summed E-state index contributed by atoms with van der Waals surface area (Å²) in [4.78, 5) is 4.05. The molecule has 4 nitrogen and oxygen atoms in total. The summed E-state index contributed by atoms with van der Waals surface area (Å²) >= 11 is 5.42. The number of nitrogens with zero attached hydrogens (tertiary/aromatic N) is 3. The first-order chi connectivity index (χ1) is 8.87. The van der Waals surface area contributed by atoms with Crippen molar-refractivity contribution in [2.45, 2.75) is 33.7 Å². The van der Waals surface area contributed by atoms with E-state index in [0.29, 0.717) is 10.8 Å². The van der Waals surface area contributed by atoms with E-state index in [1.54, 1.807) is 12.4 Å². The van der Waals surface area contributed by atoms with Gasteiger partial charge in [-0.05, 0) is 35.2 Å². The monoisotopic (exact) mass is 274 g/mol. The first kappa shape index (κ1) is 12.5. The molecule has 1 N–H and O–H groups in total. The van der Waals surface area contributed by atoms with Crippen LogP contribution in [0.25, 0.3) is 11.4 Å². The smallest absolute Gasteiger partial charge is 0.195 e. The van der Waals surface area contributed by atoms with Gasteiger partial charge < -0.3 is 0 Å². The van der Waals surface area contributed by atoms with Crippen LogP contribution in [0.15, 0.2) is 24.5 Å². The minimum absolute atomic E-state index is 0.219. The lowest BCUT2D eigenvalue weighted by molar-refractivity contribution is 0.457. The third kappa shape index (κ3) is 1.61. The van der Waals surface area contributed by atoms with Crippen molar-refractivity contribution in [1.29, 1.82) is 0 Å². The first-order valence-electron chi connectivity index (χ1n) is 6.44. The molecular formula is C14H18N4S. The maximum Gasteiger partial charge on any atom is 0.195 e. The fourth-order valence-corrected chi connectivity index (χ4v) is 3.29. The Labute approximate surface area is 117 Å². The van der Waals surface area contributed by atoms with Gasteiger partial charge in [-0.1, -0.05) is 27.7 Å². The highest BCUT2D eigenvalue weighted by Crippen LogP contribution is 2.71. The van der Waals surface area contributed by atoms with Gasteiger partial charge in [0.25, 0.3) is 0 Å². The molecule has 0 amide bonds. The molecule has 0 saturated heterocycles. The lowest BCUT2D eigenvalue weighted by Crippen LogP contribution is -2.03. The van der Waals surface area contributed by atoms with Crippen LogP contribution in [0.2, 0.25) is 0 Å². The van der Waals surface area contributed by atoms with Crippen molar-refractivity contribution in [3.63, 3.8) is 0 Å². The lowest BCUT2D eigenvalue weighted by atomic mass is 10.0. The van der Waals surface area contributed by atoms with E-state index in [9.17, 15) is 0 Å². The fraction of sp³-hybridized carbons (Fsp3) is 0.500. The molecule has 0 spiro atoms. The van der Waals surface area contributed by atoms with Crippen molar-refractivity contribution in [3.8, 4) is 11.4 Å². The molecule has 0 atom stereocenters. The average Bonchev–Trinajstić information content (AvgIpc) is 2.64. The van der Waals surface area contributed by atoms with Crippen LogP contribution in [0.4, 0.5) is 0 Å². The molecule has 2 heterocycles. The topological polar surface area (TPSA) is 46.5 Å². The van der Waals surface area contributed by atoms with Gasteiger partial charge in [-0.15, -0.1) is 0 Å². The molecule has 0 aliphatic heterocycles. The van der Waals surface area contributed by atoms with E-state index in [2.05, 4.69) is 47.4 Å². The van der Waals surface area contributed by atoms with Crippen LogP contribution in [0, 0.1) is 15.6 Å². The predicted molar refractivity (Wildman–Crippen MR) is 77.2 cm³/mol. The second-order valence-corrected chi connectivity index (χ2v) is 6.69. The van der Waals surface area contributed by atoms with Gasteiger partial charge in [-0.3, -0.25) is 14.6 Å². The maximum atomic E-state index is 5.42. The molecule has 5 heteroatoms. The second kappa shape index (κ2) is 3.76. The zero-order chi connectivity index (χ0) is 13.8. The minimum Gasteiger partial charge on any atom is -0.296 e. The number of aromatic amines is 1. The van der Waals surface area contributed by atoms with Crippen molar-refractivity contribution in [1.82, 2.24) is 19.7 Å². The standard InChI is InChI=1S/C14H18N4S/c1-13(2)11(14(13,3)4)18-10(16-17-12(18)19)9-5-7-15-8-6-9/h5-8,11H,1-4H3,(H,17,19). The highest BCUT2D eigenvalue weighted by molar-refractivity contribution is 7.71. The van der Waals surface area contributed by atoms with Crippen molar-refractivity contribution in [2.24, 2.45) is 10.8 Å². The van der Waals surface area contributed by atoms with E-state index < -0.39 is 0 Å². The zero-order valence-corrected chi connectivity index (χ0v) is 12.5. The summed E-state index contributed by atoms with van der Waals surface area (Å²) < 4.78 is 2.85. The zero-order valence-electron chi connectivity index (χ0n) is 11.6. The molecule has 19 heavy (non-hydrogen) atoms. The summed E-state index contributed by atoms with van der Waals surface area (Å²) in [5, 5.41) is 7.32. The summed E-state index contributed by atoms with van der Waals surface area (Å²) in [6, 6.07) is 4.29. The van der Waals surface area contributed by atoms with Gasteiger partial charge in [0.2, 0.25) is 0 Å². The van der Waals surface area contributed by atoms with E-state index in [-0.39, 0.29) is 10.8 Å². The number of rotatable bonds is 2. The Morgan fingerprint density at radius 3 is 2.26 bits per heavy atom. The number of nitrogens with one attached hydrogen (secondary N) is 1. The van der Waals surface area contributed by atoms with Crippen LogP contribution in [0.5, 0.6) is 0 Å². The molecule has 3 rings (SSSR count). The Kier molecular flexibility index (Phi) is 2.48. The number of hydrogen-bond donors (Lipinski definition) is 1. The second-order valence-electron chi connectivity index (χ2n) is 6.30. The van der Waals surface area contributed by atoms with Gasteiger partial charge in [-0.2, -0.15) is 5.10 Å².